The van der Waals surface area contributed by atoms with E-state index in [9.17, 15) is 25.0 Å². The Bertz CT molecular complexity index is 294. The van der Waals surface area contributed by atoms with Crippen molar-refractivity contribution in [1.82, 2.24) is 4.90 Å². The predicted molar refractivity (Wildman–Crippen MR) is 48.5 cm³/mol. The number of carbonyl (C=O) groups is 1. The summed E-state index contributed by atoms with van der Waals surface area (Å²) in [5.74, 6) is -0.0738. The number of nitrogens with zero attached hydrogens (tertiary/aromatic N) is 3. The van der Waals surface area contributed by atoms with Gasteiger partial charge in [-0.25, -0.2) is 0 Å². The molecule has 15 heavy (non-hydrogen) atoms. The maximum Gasteiger partial charge on any atom is 0.482 e. The van der Waals surface area contributed by atoms with Gasteiger partial charge < -0.3 is 0 Å². The number of Topliss-reactive ketones (excluding diaryl/α,β-unsaturated/α-hetero) is 1. The van der Waals surface area contributed by atoms with Crippen molar-refractivity contribution in [2.24, 2.45) is 0 Å². The minimum Gasteiger partial charge on any atom is -0.298 e. The van der Waals surface area contributed by atoms with Crippen molar-refractivity contribution in [2.75, 3.05) is 19.6 Å². The van der Waals surface area contributed by atoms with Crippen molar-refractivity contribution in [3.05, 3.63) is 20.2 Å². The molecule has 0 aliphatic carbocycles. The summed E-state index contributed by atoms with van der Waals surface area (Å²) < 4.78 is 0. The fourth-order valence-corrected chi connectivity index (χ4v) is 1.44. The van der Waals surface area contributed by atoms with Crippen LogP contribution in [0, 0.1) is 20.2 Å². The summed E-state index contributed by atoms with van der Waals surface area (Å²) in [5.41, 5.74) is -2.10. The van der Waals surface area contributed by atoms with Crippen molar-refractivity contribution in [2.45, 2.75) is 19.0 Å². The third-order valence-electron chi connectivity index (χ3n) is 2.43. The number of likely N-dealkylation sites (tertiary alicyclic amines) is 1. The number of rotatable bonds is 5. The first-order valence-corrected chi connectivity index (χ1v) is 4.45. The average molecular weight is 217 g/mol. The first kappa shape index (κ1) is 11.5. The van der Waals surface area contributed by atoms with Crippen LogP contribution in [0.15, 0.2) is 0 Å². The van der Waals surface area contributed by atoms with E-state index in [2.05, 4.69) is 0 Å². The van der Waals surface area contributed by atoms with Crippen LogP contribution in [0.25, 0.3) is 0 Å². The van der Waals surface area contributed by atoms with E-state index in [0.29, 0.717) is 6.42 Å². The lowest BCUT2D eigenvalue weighted by molar-refractivity contribution is -0.810. The first-order valence-electron chi connectivity index (χ1n) is 4.45. The lowest BCUT2D eigenvalue weighted by Crippen LogP contribution is -2.70. The summed E-state index contributed by atoms with van der Waals surface area (Å²) in [6.45, 7) is 1.15. The van der Waals surface area contributed by atoms with Crippen LogP contribution in [0.2, 0.25) is 0 Å². The standard InChI is InChI=1S/C7H11N3O5/c1-2-6(11)3-8-4-7(5-8,9(12)13)10(14)15/h2-5H2,1H3. The second kappa shape index (κ2) is 3.89. The molecule has 0 aromatic carbocycles. The molecule has 0 amide bonds. The Morgan fingerprint density at radius 3 is 2.13 bits per heavy atom. The van der Waals surface area contributed by atoms with Crippen LogP contribution in [0.1, 0.15) is 13.3 Å². The van der Waals surface area contributed by atoms with E-state index in [0.717, 1.165) is 0 Å². The highest BCUT2D eigenvalue weighted by molar-refractivity contribution is 5.80. The second-order valence-corrected chi connectivity index (χ2v) is 3.53. The monoisotopic (exact) mass is 217 g/mol. The zero-order valence-electron chi connectivity index (χ0n) is 8.21. The first-order chi connectivity index (χ1) is 6.92. The van der Waals surface area contributed by atoms with Gasteiger partial charge in [-0.15, -0.1) is 0 Å². The summed E-state index contributed by atoms with van der Waals surface area (Å²) >= 11 is 0. The lowest BCUT2D eigenvalue weighted by Gasteiger charge is -2.35. The van der Waals surface area contributed by atoms with Crippen LogP contribution in [0.4, 0.5) is 0 Å². The molecule has 1 aliphatic heterocycles. The molecule has 0 radical (unpaired) electrons. The van der Waals surface area contributed by atoms with Crippen LogP contribution in [0.3, 0.4) is 0 Å². The fraction of sp³-hybridized carbons (Fsp3) is 0.857. The highest BCUT2D eigenvalue weighted by Crippen LogP contribution is 2.24. The Labute approximate surface area is 85.2 Å². The molecule has 0 aromatic rings. The SMILES string of the molecule is CCC(=O)CN1CC([N+](=O)[O-])([N+](=O)[O-])C1. The van der Waals surface area contributed by atoms with Gasteiger partial charge >= 0.3 is 5.66 Å². The molecule has 1 rings (SSSR count). The Kier molecular flexibility index (Phi) is 2.98. The van der Waals surface area contributed by atoms with Gasteiger partial charge in [-0.05, 0) is 0 Å². The molecule has 0 aromatic heterocycles. The molecular weight excluding hydrogens is 206 g/mol. The summed E-state index contributed by atoms with van der Waals surface area (Å²) in [6.07, 6.45) is 0.334. The highest BCUT2D eigenvalue weighted by atomic mass is 16.7. The van der Waals surface area contributed by atoms with Crippen LogP contribution >= 0.6 is 0 Å². The topological polar surface area (TPSA) is 107 Å². The maximum absolute atomic E-state index is 11.0. The minimum absolute atomic E-state index is 0.0555. The smallest absolute Gasteiger partial charge is 0.298 e. The molecule has 1 saturated heterocycles. The van der Waals surface area contributed by atoms with Gasteiger partial charge in [0.1, 0.15) is 28.7 Å². The Balaban J connectivity index is 2.55. The quantitative estimate of drug-likeness (QED) is 0.350. The number of hydrogen-bond acceptors (Lipinski definition) is 6. The van der Waals surface area contributed by atoms with E-state index >= 15 is 0 Å². The molecule has 1 heterocycles. The summed E-state index contributed by atoms with van der Waals surface area (Å²) in [4.78, 5) is 31.6. The fourth-order valence-electron chi connectivity index (χ4n) is 1.44. The zero-order chi connectivity index (χ0) is 11.6. The number of ketones is 1. The van der Waals surface area contributed by atoms with Crippen LogP contribution in [0.5, 0.6) is 0 Å². The maximum atomic E-state index is 11.0. The summed E-state index contributed by atoms with van der Waals surface area (Å²) in [5, 5.41) is 21.0. The van der Waals surface area contributed by atoms with Gasteiger partial charge in [-0.2, -0.15) is 0 Å². The van der Waals surface area contributed by atoms with E-state index in [1.165, 1.54) is 4.90 Å². The molecule has 0 bridgehead atoms. The van der Waals surface area contributed by atoms with Gasteiger partial charge in [-0.3, -0.25) is 29.9 Å². The molecule has 0 saturated carbocycles. The average Bonchev–Trinajstić information content (AvgIpc) is 2.08. The zero-order valence-corrected chi connectivity index (χ0v) is 8.21. The van der Waals surface area contributed by atoms with E-state index in [-0.39, 0.29) is 25.4 Å². The largest absolute Gasteiger partial charge is 0.482 e. The molecule has 1 fully saturated rings. The number of hydrogen-bond donors (Lipinski definition) is 0. The number of carbonyl (C=O) groups excluding carboxylic acids is 1. The molecule has 0 spiro atoms. The third kappa shape index (κ3) is 1.94. The number of nitro groups is 2. The van der Waals surface area contributed by atoms with Gasteiger partial charge in [-0.1, -0.05) is 6.92 Å². The van der Waals surface area contributed by atoms with E-state index < -0.39 is 15.5 Å². The van der Waals surface area contributed by atoms with Gasteiger partial charge in [0.25, 0.3) is 0 Å². The molecule has 8 nitrogen and oxygen atoms in total. The van der Waals surface area contributed by atoms with E-state index in [1.807, 2.05) is 0 Å². The van der Waals surface area contributed by atoms with E-state index in [4.69, 9.17) is 0 Å². The highest BCUT2D eigenvalue weighted by Gasteiger charge is 2.66. The van der Waals surface area contributed by atoms with E-state index in [1.54, 1.807) is 6.92 Å². The molecular formula is C7H11N3O5. The van der Waals surface area contributed by atoms with Gasteiger partial charge in [0.05, 0.1) is 6.54 Å². The molecule has 0 atom stereocenters. The van der Waals surface area contributed by atoms with Crippen molar-refractivity contribution < 1.29 is 14.6 Å². The molecule has 84 valence electrons. The Morgan fingerprint density at radius 2 is 1.80 bits per heavy atom. The molecule has 8 heteroatoms. The van der Waals surface area contributed by atoms with Gasteiger partial charge in [0, 0.05) is 6.42 Å². The van der Waals surface area contributed by atoms with Gasteiger partial charge in [0.15, 0.2) is 0 Å². The van der Waals surface area contributed by atoms with Crippen molar-refractivity contribution >= 4 is 5.78 Å². The summed E-state index contributed by atoms with van der Waals surface area (Å²) in [6, 6.07) is 0. The van der Waals surface area contributed by atoms with Crippen LogP contribution in [-0.2, 0) is 4.79 Å². The van der Waals surface area contributed by atoms with Crippen LogP contribution in [-0.4, -0.2) is 45.8 Å². The van der Waals surface area contributed by atoms with Crippen molar-refractivity contribution in [3.8, 4) is 0 Å². The Hall–Kier alpha value is -1.57. The molecule has 0 unspecified atom stereocenters. The predicted octanol–water partition coefficient (Wildman–Crippen LogP) is -0.469. The van der Waals surface area contributed by atoms with Gasteiger partial charge in [0.2, 0.25) is 0 Å². The lowest BCUT2D eigenvalue weighted by atomic mass is 10.0. The third-order valence-corrected chi connectivity index (χ3v) is 2.43. The summed E-state index contributed by atoms with van der Waals surface area (Å²) in [7, 11) is 0. The molecule has 0 N–H and O–H groups in total. The van der Waals surface area contributed by atoms with Crippen molar-refractivity contribution in [3.63, 3.8) is 0 Å². The Morgan fingerprint density at radius 1 is 1.33 bits per heavy atom. The normalized spacial score (nSPS) is 19.3. The van der Waals surface area contributed by atoms with Crippen molar-refractivity contribution in [1.29, 1.82) is 0 Å². The minimum atomic E-state index is -2.10. The second-order valence-electron chi connectivity index (χ2n) is 3.53. The molecule has 1 aliphatic rings. The van der Waals surface area contributed by atoms with Crippen LogP contribution < -0.4 is 0 Å².